The summed E-state index contributed by atoms with van der Waals surface area (Å²) in [7, 11) is 0. The summed E-state index contributed by atoms with van der Waals surface area (Å²) in [4.78, 5) is 41.3. The van der Waals surface area contributed by atoms with Crippen LogP contribution in [0.15, 0.2) is 35.5 Å². The van der Waals surface area contributed by atoms with Gasteiger partial charge in [0.15, 0.2) is 0 Å². The molecule has 4 rings (SSSR count). The number of thioether (sulfide) groups is 1. The van der Waals surface area contributed by atoms with Gasteiger partial charge < -0.3 is 5.32 Å². The zero-order chi connectivity index (χ0) is 20.6. The second-order valence-electron chi connectivity index (χ2n) is 7.35. The molecule has 2 N–H and O–H groups in total. The number of rotatable bonds is 7. The highest BCUT2D eigenvalue weighted by atomic mass is 32.2. The molecular formula is C19H22N6O3S. The number of hydrogen-bond donors (Lipinski definition) is 2. The van der Waals surface area contributed by atoms with Crippen molar-refractivity contribution in [2.24, 2.45) is 0 Å². The number of amides is 4. The molecular weight excluding hydrogens is 392 g/mol. The van der Waals surface area contributed by atoms with E-state index in [9.17, 15) is 14.4 Å². The highest BCUT2D eigenvalue weighted by Crippen LogP contribution is 2.40. The van der Waals surface area contributed by atoms with Crippen LogP contribution in [0.2, 0.25) is 0 Å². The maximum Gasteiger partial charge on any atom is 0.344 e. The predicted octanol–water partition coefficient (Wildman–Crippen LogP) is 1.99. The molecule has 1 saturated carbocycles. The Labute approximate surface area is 172 Å². The molecule has 1 aliphatic heterocycles. The summed E-state index contributed by atoms with van der Waals surface area (Å²) in [5.41, 5.74) is 2.31. The minimum atomic E-state index is -0.993. The highest BCUT2D eigenvalue weighted by Gasteiger charge is 2.47. The van der Waals surface area contributed by atoms with Gasteiger partial charge in [-0.1, -0.05) is 36.9 Å². The first-order chi connectivity index (χ1) is 13.9. The number of nitrogens with one attached hydrogen (secondary N) is 2. The van der Waals surface area contributed by atoms with Crippen LogP contribution < -0.4 is 10.7 Å². The maximum atomic E-state index is 12.4. The number of benzene rings is 1. The van der Waals surface area contributed by atoms with Crippen molar-refractivity contribution in [2.75, 3.05) is 5.75 Å². The van der Waals surface area contributed by atoms with Crippen LogP contribution in [0.1, 0.15) is 44.9 Å². The summed E-state index contributed by atoms with van der Waals surface area (Å²) >= 11 is 1.17. The van der Waals surface area contributed by atoms with E-state index in [0.29, 0.717) is 17.5 Å². The van der Waals surface area contributed by atoms with Crippen molar-refractivity contribution in [3.8, 4) is 5.69 Å². The Hall–Kier alpha value is -2.88. The SMILES string of the molecule is CC[C@]1(C)NC(=O)N(NC(=O)CSc2nc(C3CC3)n(-c3ccccc3)n2)C1=O. The van der Waals surface area contributed by atoms with Crippen molar-refractivity contribution >= 4 is 29.6 Å². The standard InChI is InChI=1S/C19H22N6O3S/c1-3-19(2)16(27)25(18(28)21-19)22-14(26)11-29-17-20-15(12-9-10-12)24(23-17)13-7-5-4-6-8-13/h4-8,12H,3,9-11H2,1-2H3,(H,21,28)(H,22,26)/t19-/m0/s1. The van der Waals surface area contributed by atoms with E-state index >= 15 is 0 Å². The average molecular weight is 414 g/mol. The van der Waals surface area contributed by atoms with Crippen molar-refractivity contribution in [3.05, 3.63) is 36.2 Å². The molecule has 0 unspecified atom stereocenters. The molecule has 2 aliphatic rings. The minimum absolute atomic E-state index is 0.0111. The molecule has 2 aromatic rings. The van der Waals surface area contributed by atoms with Crippen LogP contribution >= 0.6 is 11.8 Å². The van der Waals surface area contributed by atoms with Gasteiger partial charge in [-0.25, -0.2) is 14.5 Å². The van der Waals surface area contributed by atoms with Gasteiger partial charge in [0.2, 0.25) is 11.1 Å². The van der Waals surface area contributed by atoms with E-state index < -0.39 is 23.4 Å². The first-order valence-electron chi connectivity index (χ1n) is 9.52. The number of hydrogen-bond acceptors (Lipinski definition) is 6. The molecule has 1 aromatic carbocycles. The molecule has 10 heteroatoms. The predicted molar refractivity (Wildman–Crippen MR) is 106 cm³/mol. The molecule has 0 bridgehead atoms. The highest BCUT2D eigenvalue weighted by molar-refractivity contribution is 7.99. The third-order valence-electron chi connectivity index (χ3n) is 5.09. The number of aromatic nitrogens is 3. The zero-order valence-corrected chi connectivity index (χ0v) is 17.0. The largest absolute Gasteiger partial charge is 0.344 e. The fourth-order valence-corrected chi connectivity index (χ4v) is 3.67. The lowest BCUT2D eigenvalue weighted by molar-refractivity contribution is -0.137. The molecule has 29 heavy (non-hydrogen) atoms. The molecule has 1 atom stereocenters. The molecule has 0 spiro atoms. The molecule has 152 valence electrons. The molecule has 4 amide bonds. The lowest BCUT2D eigenvalue weighted by atomic mass is 10.00. The number of nitrogens with zero attached hydrogens (tertiary/aromatic N) is 4. The zero-order valence-electron chi connectivity index (χ0n) is 16.2. The lowest BCUT2D eigenvalue weighted by Gasteiger charge is -2.19. The Morgan fingerprint density at radius 2 is 2.03 bits per heavy atom. The van der Waals surface area contributed by atoms with E-state index in [1.807, 2.05) is 35.0 Å². The van der Waals surface area contributed by atoms with Crippen LogP contribution in [0, 0.1) is 0 Å². The Morgan fingerprint density at radius 1 is 1.31 bits per heavy atom. The first kappa shape index (κ1) is 19.4. The molecule has 1 saturated heterocycles. The number of carbonyl (C=O) groups is 3. The Bertz CT molecular complexity index is 958. The Kier molecular flexibility index (Phi) is 5.03. The van der Waals surface area contributed by atoms with E-state index in [2.05, 4.69) is 20.8 Å². The van der Waals surface area contributed by atoms with E-state index in [0.717, 1.165) is 29.4 Å². The van der Waals surface area contributed by atoms with Gasteiger partial charge in [-0.2, -0.15) is 5.01 Å². The van der Waals surface area contributed by atoms with Gasteiger partial charge in [-0.3, -0.25) is 15.0 Å². The van der Waals surface area contributed by atoms with E-state index in [1.54, 1.807) is 13.8 Å². The van der Waals surface area contributed by atoms with Crippen LogP contribution in [0.4, 0.5) is 4.79 Å². The van der Waals surface area contributed by atoms with Crippen molar-refractivity contribution < 1.29 is 14.4 Å². The quantitative estimate of drug-likeness (QED) is 0.530. The first-order valence-corrected chi connectivity index (χ1v) is 10.5. The minimum Gasteiger partial charge on any atom is -0.322 e. The average Bonchev–Trinajstić information content (AvgIpc) is 3.45. The van der Waals surface area contributed by atoms with E-state index in [-0.39, 0.29) is 5.75 Å². The second-order valence-corrected chi connectivity index (χ2v) is 8.30. The Morgan fingerprint density at radius 3 is 2.66 bits per heavy atom. The molecule has 1 aliphatic carbocycles. The monoisotopic (exact) mass is 414 g/mol. The van der Waals surface area contributed by atoms with Crippen LogP contribution in [0.3, 0.4) is 0 Å². The summed E-state index contributed by atoms with van der Waals surface area (Å²) in [5.74, 6) is 0.340. The van der Waals surface area contributed by atoms with Crippen molar-refractivity contribution in [3.63, 3.8) is 0 Å². The maximum absolute atomic E-state index is 12.4. The van der Waals surface area contributed by atoms with Crippen molar-refractivity contribution in [1.29, 1.82) is 0 Å². The van der Waals surface area contributed by atoms with E-state index in [4.69, 9.17) is 0 Å². The van der Waals surface area contributed by atoms with Crippen molar-refractivity contribution in [1.82, 2.24) is 30.5 Å². The van der Waals surface area contributed by atoms with Crippen LogP contribution in [0.5, 0.6) is 0 Å². The number of urea groups is 1. The number of para-hydroxylation sites is 1. The van der Waals surface area contributed by atoms with Crippen LogP contribution in [-0.2, 0) is 9.59 Å². The number of imide groups is 1. The molecule has 2 heterocycles. The third kappa shape index (κ3) is 3.84. The van der Waals surface area contributed by atoms with Gasteiger partial charge in [0.05, 0.1) is 11.4 Å². The fourth-order valence-electron chi connectivity index (χ4n) is 3.04. The van der Waals surface area contributed by atoms with Gasteiger partial charge in [-0.15, -0.1) is 5.10 Å². The van der Waals surface area contributed by atoms with E-state index in [1.165, 1.54) is 11.8 Å². The van der Waals surface area contributed by atoms with Crippen LogP contribution in [-0.4, -0.2) is 48.9 Å². The summed E-state index contributed by atoms with van der Waals surface area (Å²) in [6.07, 6.45) is 2.60. The molecule has 1 aromatic heterocycles. The normalized spacial score (nSPS) is 21.4. The number of hydrazine groups is 1. The smallest absolute Gasteiger partial charge is 0.322 e. The lowest BCUT2D eigenvalue weighted by Crippen LogP contribution is -2.49. The fraction of sp³-hybridized carbons (Fsp3) is 0.421. The molecule has 2 fully saturated rings. The summed E-state index contributed by atoms with van der Waals surface area (Å²) in [6, 6.07) is 9.12. The van der Waals surface area contributed by atoms with Gasteiger partial charge >= 0.3 is 6.03 Å². The van der Waals surface area contributed by atoms with Crippen molar-refractivity contribution in [2.45, 2.75) is 49.7 Å². The molecule has 9 nitrogen and oxygen atoms in total. The van der Waals surface area contributed by atoms with Gasteiger partial charge in [0, 0.05) is 5.92 Å². The van der Waals surface area contributed by atoms with Gasteiger partial charge in [0.1, 0.15) is 11.4 Å². The topological polar surface area (TPSA) is 109 Å². The van der Waals surface area contributed by atoms with Gasteiger partial charge in [0.25, 0.3) is 5.91 Å². The summed E-state index contributed by atoms with van der Waals surface area (Å²) in [5, 5.41) is 8.37. The molecule has 0 radical (unpaired) electrons. The number of carbonyl (C=O) groups excluding carboxylic acids is 3. The van der Waals surface area contributed by atoms with Crippen LogP contribution in [0.25, 0.3) is 5.69 Å². The van der Waals surface area contributed by atoms with Gasteiger partial charge in [-0.05, 0) is 38.3 Å². The summed E-state index contributed by atoms with van der Waals surface area (Å²) < 4.78 is 1.82. The Balaban J connectivity index is 1.41. The third-order valence-corrected chi connectivity index (χ3v) is 5.93. The summed E-state index contributed by atoms with van der Waals surface area (Å²) in [6.45, 7) is 3.43. The second kappa shape index (κ2) is 7.51.